The third-order valence-corrected chi connectivity index (χ3v) is 6.71. The molecule has 0 spiro atoms. The van der Waals surface area contributed by atoms with Crippen LogP contribution in [-0.4, -0.2) is 61.9 Å². The van der Waals surface area contributed by atoms with E-state index >= 15 is 0 Å². The van der Waals surface area contributed by atoms with E-state index in [1.54, 1.807) is 0 Å². The molecule has 1 aromatic carbocycles. The lowest BCUT2D eigenvalue weighted by Crippen LogP contribution is -2.68. The van der Waals surface area contributed by atoms with Crippen LogP contribution in [0.15, 0.2) is 29.5 Å². The second-order valence-electron chi connectivity index (χ2n) is 6.62. The fourth-order valence-corrected chi connectivity index (χ4v) is 5.30. The molecule has 2 aliphatic heterocycles. The highest BCUT2D eigenvalue weighted by Crippen LogP contribution is 2.40. The molecule has 0 radical (unpaired) electrons. The molecular weight excluding hydrogens is 448 g/mol. The van der Waals surface area contributed by atoms with E-state index < -0.39 is 40.3 Å². The van der Waals surface area contributed by atoms with E-state index in [1.807, 2.05) is 0 Å². The molecule has 2 atom stereocenters. The van der Waals surface area contributed by atoms with Crippen molar-refractivity contribution in [2.45, 2.75) is 25.3 Å². The van der Waals surface area contributed by atoms with Gasteiger partial charge in [-0.3, -0.25) is 24.1 Å². The minimum absolute atomic E-state index is 0.0116. The van der Waals surface area contributed by atoms with E-state index in [9.17, 15) is 29.1 Å². The molecule has 10 nitrogen and oxygen atoms in total. The molecule has 0 aromatic heterocycles. The molecule has 164 valence electrons. The van der Waals surface area contributed by atoms with Gasteiger partial charge < -0.3 is 20.3 Å². The predicted molar refractivity (Wildman–Crippen MR) is 112 cm³/mol. The SMILES string of the molecule is CC(=O)Oc1ccc(C(=O)SCC2=C(C(=O)O)N3C(=O)C(N)[C@@H]3SC2)cc1OC(C)=O. The topological polar surface area (TPSA) is 153 Å². The first-order chi connectivity index (χ1) is 14.6. The Morgan fingerprint density at radius 1 is 1.19 bits per heavy atom. The van der Waals surface area contributed by atoms with Crippen molar-refractivity contribution in [3.63, 3.8) is 0 Å². The fourth-order valence-electron chi connectivity index (χ4n) is 3.04. The molecule has 0 saturated carbocycles. The van der Waals surface area contributed by atoms with Gasteiger partial charge in [0.2, 0.25) is 11.0 Å². The van der Waals surface area contributed by atoms with Gasteiger partial charge in [-0.15, -0.1) is 11.8 Å². The number of hydrogen-bond donors (Lipinski definition) is 2. The molecule has 3 rings (SSSR count). The van der Waals surface area contributed by atoms with Crippen molar-refractivity contribution >= 4 is 52.5 Å². The minimum Gasteiger partial charge on any atom is -0.477 e. The third-order valence-electron chi connectivity index (χ3n) is 4.36. The molecule has 31 heavy (non-hydrogen) atoms. The number of nitrogens with zero attached hydrogens (tertiary/aromatic N) is 1. The van der Waals surface area contributed by atoms with Crippen LogP contribution in [0.5, 0.6) is 11.5 Å². The van der Waals surface area contributed by atoms with Crippen LogP contribution in [-0.2, 0) is 19.2 Å². The number of carboxylic acid groups (broad SMARTS) is 1. The predicted octanol–water partition coefficient (Wildman–Crippen LogP) is 0.992. The van der Waals surface area contributed by atoms with Crippen LogP contribution in [0.2, 0.25) is 0 Å². The Morgan fingerprint density at radius 2 is 1.84 bits per heavy atom. The molecule has 1 saturated heterocycles. The molecular formula is C19H18N2O8S2. The lowest BCUT2D eigenvalue weighted by atomic mass is 10.0. The van der Waals surface area contributed by atoms with Crippen LogP contribution in [0.1, 0.15) is 24.2 Å². The number of carbonyl (C=O) groups is 5. The van der Waals surface area contributed by atoms with Gasteiger partial charge in [0.25, 0.3) is 0 Å². The van der Waals surface area contributed by atoms with Crippen LogP contribution < -0.4 is 15.2 Å². The summed E-state index contributed by atoms with van der Waals surface area (Å²) in [6.07, 6.45) is 0. The van der Waals surface area contributed by atoms with E-state index in [0.717, 1.165) is 23.6 Å². The molecule has 1 fully saturated rings. The van der Waals surface area contributed by atoms with Crippen LogP contribution in [0.4, 0.5) is 0 Å². The number of carboxylic acids is 1. The first kappa shape index (κ1) is 22.8. The van der Waals surface area contributed by atoms with E-state index in [1.165, 1.54) is 36.9 Å². The summed E-state index contributed by atoms with van der Waals surface area (Å²) < 4.78 is 9.98. The Morgan fingerprint density at radius 3 is 2.45 bits per heavy atom. The zero-order chi connectivity index (χ0) is 22.9. The molecule has 1 unspecified atom stereocenters. The van der Waals surface area contributed by atoms with Gasteiger partial charge in [0, 0.05) is 30.9 Å². The quantitative estimate of drug-likeness (QED) is 0.350. The second-order valence-corrected chi connectivity index (χ2v) is 8.67. The lowest BCUT2D eigenvalue weighted by molar-refractivity contribution is -0.147. The Bertz CT molecular complexity index is 1020. The number of hydrogen-bond acceptors (Lipinski definition) is 10. The monoisotopic (exact) mass is 466 g/mol. The number of β-lactam (4-membered cyclic amide) rings is 1. The number of fused-ring (bicyclic) bond motifs is 1. The molecule has 12 heteroatoms. The molecule has 1 amide bonds. The standard InChI is InChI=1S/C19H18N2O8S2/c1-8(22)28-12-4-3-10(5-13(12)29-9(2)23)19(27)31-7-11-6-30-17-14(20)16(24)21(17)15(11)18(25)26/h3-5,14,17H,6-7,20H2,1-2H3,(H,25,26)/t14?,17-/m0/s1. The van der Waals surface area contributed by atoms with Gasteiger partial charge in [0.1, 0.15) is 17.1 Å². The zero-order valence-corrected chi connectivity index (χ0v) is 18.1. The van der Waals surface area contributed by atoms with Crippen molar-refractivity contribution < 1.29 is 38.6 Å². The largest absolute Gasteiger partial charge is 0.477 e. The van der Waals surface area contributed by atoms with Gasteiger partial charge in [-0.1, -0.05) is 11.8 Å². The van der Waals surface area contributed by atoms with Gasteiger partial charge >= 0.3 is 17.9 Å². The molecule has 2 aliphatic rings. The summed E-state index contributed by atoms with van der Waals surface area (Å²) in [5.41, 5.74) is 6.18. The first-order valence-electron chi connectivity index (χ1n) is 8.93. The highest BCUT2D eigenvalue weighted by molar-refractivity contribution is 8.14. The zero-order valence-electron chi connectivity index (χ0n) is 16.4. The van der Waals surface area contributed by atoms with Crippen LogP contribution in [0, 0.1) is 0 Å². The Labute approximate surface area is 185 Å². The number of benzene rings is 1. The van der Waals surface area contributed by atoms with Crippen molar-refractivity contribution in [1.29, 1.82) is 0 Å². The van der Waals surface area contributed by atoms with Gasteiger partial charge in [0.05, 0.1) is 0 Å². The van der Waals surface area contributed by atoms with E-state index in [-0.39, 0.29) is 28.5 Å². The summed E-state index contributed by atoms with van der Waals surface area (Å²) in [4.78, 5) is 60.0. The second kappa shape index (κ2) is 9.12. The van der Waals surface area contributed by atoms with Gasteiger partial charge in [-0.2, -0.15) is 0 Å². The number of ether oxygens (including phenoxy) is 2. The number of aliphatic carboxylic acids is 1. The van der Waals surface area contributed by atoms with Crippen molar-refractivity contribution in [1.82, 2.24) is 4.90 Å². The smallest absolute Gasteiger partial charge is 0.352 e. The molecule has 2 heterocycles. The summed E-state index contributed by atoms with van der Waals surface area (Å²) in [6, 6.07) is 3.27. The number of esters is 2. The van der Waals surface area contributed by atoms with Crippen molar-refractivity contribution in [3.05, 3.63) is 35.0 Å². The maximum Gasteiger partial charge on any atom is 0.352 e. The Kier molecular flexibility index (Phi) is 6.72. The maximum atomic E-state index is 12.6. The van der Waals surface area contributed by atoms with Crippen molar-refractivity contribution in [3.8, 4) is 11.5 Å². The maximum absolute atomic E-state index is 12.6. The van der Waals surface area contributed by atoms with Gasteiger partial charge in [-0.25, -0.2) is 4.79 Å². The van der Waals surface area contributed by atoms with Gasteiger partial charge in [-0.05, 0) is 23.8 Å². The minimum atomic E-state index is -1.25. The van der Waals surface area contributed by atoms with Crippen LogP contribution in [0.3, 0.4) is 0 Å². The first-order valence-corrected chi connectivity index (χ1v) is 11.0. The summed E-state index contributed by atoms with van der Waals surface area (Å²) in [5.74, 6) is -2.72. The van der Waals surface area contributed by atoms with E-state index in [2.05, 4.69) is 0 Å². The number of rotatable bonds is 6. The number of nitrogens with two attached hydrogens (primary N) is 1. The average molecular weight is 466 g/mol. The summed E-state index contributed by atoms with van der Waals surface area (Å²) >= 11 is 2.19. The van der Waals surface area contributed by atoms with Crippen LogP contribution in [0.25, 0.3) is 0 Å². The number of amides is 1. The Hall–Kier alpha value is -2.83. The third kappa shape index (κ3) is 4.75. The normalized spacial score (nSPS) is 20.0. The summed E-state index contributed by atoms with van der Waals surface area (Å²) in [6.45, 7) is 2.35. The fraction of sp³-hybridized carbons (Fsp3) is 0.316. The van der Waals surface area contributed by atoms with Crippen molar-refractivity contribution in [2.24, 2.45) is 5.73 Å². The summed E-state index contributed by atoms with van der Waals surface area (Å²) in [7, 11) is 0. The van der Waals surface area contributed by atoms with E-state index in [0.29, 0.717) is 11.3 Å². The highest BCUT2D eigenvalue weighted by atomic mass is 32.2. The average Bonchev–Trinajstić information content (AvgIpc) is 2.70. The van der Waals surface area contributed by atoms with Crippen LogP contribution >= 0.6 is 23.5 Å². The lowest BCUT2D eigenvalue weighted by Gasteiger charge is -2.48. The van der Waals surface area contributed by atoms with Gasteiger partial charge in [0.15, 0.2) is 11.5 Å². The molecule has 3 N–H and O–H groups in total. The van der Waals surface area contributed by atoms with Crippen molar-refractivity contribution in [2.75, 3.05) is 11.5 Å². The summed E-state index contributed by atoms with van der Waals surface area (Å²) in [5, 5.41) is 8.72. The molecule has 0 bridgehead atoms. The number of thioether (sulfide) groups is 2. The highest BCUT2D eigenvalue weighted by Gasteiger charge is 2.51. The number of carbonyl (C=O) groups excluding carboxylic acids is 4. The Balaban J connectivity index is 1.78. The molecule has 0 aliphatic carbocycles. The van der Waals surface area contributed by atoms with E-state index in [4.69, 9.17) is 15.2 Å². The molecule has 1 aromatic rings.